The van der Waals surface area contributed by atoms with Crippen molar-refractivity contribution in [2.75, 3.05) is 6.61 Å². The highest BCUT2D eigenvalue weighted by Crippen LogP contribution is 2.12. The van der Waals surface area contributed by atoms with E-state index in [1.807, 2.05) is 0 Å². The lowest BCUT2D eigenvalue weighted by Crippen LogP contribution is -2.40. The Morgan fingerprint density at radius 3 is 2.62 bits per heavy atom. The second kappa shape index (κ2) is 8.43. The molecular formula is C16H17NO4. The number of carbonyl (C=O) groups excluding carboxylic acids is 1. The quantitative estimate of drug-likeness (QED) is 0.593. The third-order valence-electron chi connectivity index (χ3n) is 2.65. The van der Waals surface area contributed by atoms with Crippen molar-refractivity contribution in [2.45, 2.75) is 19.4 Å². The highest BCUT2D eigenvalue weighted by molar-refractivity contribution is 5.96. The van der Waals surface area contributed by atoms with E-state index in [0.29, 0.717) is 11.3 Å². The Bertz CT molecular complexity index is 555. The Morgan fingerprint density at radius 1 is 1.43 bits per heavy atom. The third kappa shape index (κ3) is 5.41. The Balaban J connectivity index is 2.69. The van der Waals surface area contributed by atoms with Gasteiger partial charge in [0.05, 0.1) is 0 Å². The number of rotatable bonds is 7. The van der Waals surface area contributed by atoms with Crippen LogP contribution in [0.3, 0.4) is 0 Å². The summed E-state index contributed by atoms with van der Waals surface area (Å²) in [5, 5.41) is 11.5. The van der Waals surface area contributed by atoms with Crippen molar-refractivity contribution >= 4 is 11.9 Å². The number of hydrogen-bond donors (Lipinski definition) is 2. The number of ether oxygens (including phenoxy) is 1. The second-order valence-corrected chi connectivity index (χ2v) is 4.19. The number of aliphatic carboxylic acids is 1. The first-order chi connectivity index (χ1) is 10.1. The zero-order valence-corrected chi connectivity index (χ0v) is 11.7. The molecule has 0 spiro atoms. The summed E-state index contributed by atoms with van der Waals surface area (Å²) in [5.41, 5.74) is 0.356. The molecule has 2 N–H and O–H groups in total. The van der Waals surface area contributed by atoms with Crippen LogP contribution < -0.4 is 10.1 Å². The zero-order chi connectivity index (χ0) is 15.7. The van der Waals surface area contributed by atoms with Gasteiger partial charge < -0.3 is 15.2 Å². The molecule has 0 fully saturated rings. The van der Waals surface area contributed by atoms with Crippen LogP contribution in [0.15, 0.2) is 36.4 Å². The highest BCUT2D eigenvalue weighted by atomic mass is 16.5. The third-order valence-corrected chi connectivity index (χ3v) is 2.65. The molecular weight excluding hydrogens is 270 g/mol. The molecule has 5 nitrogen and oxygen atoms in total. The molecule has 1 rings (SSSR count). The van der Waals surface area contributed by atoms with E-state index in [-0.39, 0.29) is 13.0 Å². The number of hydrogen-bond acceptors (Lipinski definition) is 3. The van der Waals surface area contributed by atoms with Crippen molar-refractivity contribution in [2.24, 2.45) is 0 Å². The van der Waals surface area contributed by atoms with Gasteiger partial charge in [-0.25, -0.2) is 4.79 Å². The topological polar surface area (TPSA) is 75.6 Å². The molecule has 1 atom stereocenters. The number of carboxylic acid groups (broad SMARTS) is 1. The first-order valence-corrected chi connectivity index (χ1v) is 6.39. The number of terminal acetylenes is 1. The van der Waals surface area contributed by atoms with E-state index in [0.717, 1.165) is 0 Å². The van der Waals surface area contributed by atoms with Gasteiger partial charge in [0.2, 0.25) is 0 Å². The summed E-state index contributed by atoms with van der Waals surface area (Å²) >= 11 is 0. The number of nitrogens with one attached hydrogen (secondary N) is 1. The van der Waals surface area contributed by atoms with Crippen LogP contribution in [0.1, 0.15) is 23.7 Å². The maximum atomic E-state index is 12.0. The predicted octanol–water partition coefficient (Wildman–Crippen LogP) is 1.85. The second-order valence-electron chi connectivity index (χ2n) is 4.19. The van der Waals surface area contributed by atoms with Crippen LogP contribution in [0.25, 0.3) is 0 Å². The van der Waals surface area contributed by atoms with E-state index < -0.39 is 17.9 Å². The lowest BCUT2D eigenvalue weighted by molar-refractivity contribution is -0.139. The van der Waals surface area contributed by atoms with Gasteiger partial charge in [-0.05, 0) is 37.6 Å². The molecule has 1 unspecified atom stereocenters. The summed E-state index contributed by atoms with van der Waals surface area (Å²) in [6, 6.07) is 5.36. The molecule has 0 saturated carbocycles. The molecule has 21 heavy (non-hydrogen) atoms. The molecule has 0 heterocycles. The predicted molar refractivity (Wildman–Crippen MR) is 79.1 cm³/mol. The summed E-state index contributed by atoms with van der Waals surface area (Å²) in [6.45, 7) is 1.94. The van der Waals surface area contributed by atoms with Gasteiger partial charge >= 0.3 is 5.97 Å². The van der Waals surface area contributed by atoms with Gasteiger partial charge in [-0.1, -0.05) is 18.1 Å². The Hall–Kier alpha value is -2.74. The SMILES string of the molecule is C#CCOc1ccc(C(=O)NC(C/C=C/C)C(=O)O)cc1. The summed E-state index contributed by atoms with van der Waals surface area (Å²) in [6.07, 6.45) is 8.74. The Morgan fingerprint density at radius 2 is 2.10 bits per heavy atom. The van der Waals surface area contributed by atoms with E-state index >= 15 is 0 Å². The molecule has 0 saturated heterocycles. The van der Waals surface area contributed by atoms with Gasteiger partial charge in [-0.15, -0.1) is 6.42 Å². The monoisotopic (exact) mass is 287 g/mol. The smallest absolute Gasteiger partial charge is 0.326 e. The fourth-order valence-electron chi connectivity index (χ4n) is 1.56. The molecule has 1 aromatic carbocycles. The van der Waals surface area contributed by atoms with Crippen LogP contribution in [-0.2, 0) is 4.79 Å². The lowest BCUT2D eigenvalue weighted by Gasteiger charge is -2.12. The first kappa shape index (κ1) is 16.3. The van der Waals surface area contributed by atoms with Crippen LogP contribution in [0, 0.1) is 12.3 Å². The van der Waals surface area contributed by atoms with Gasteiger partial charge in [-0.2, -0.15) is 0 Å². The summed E-state index contributed by atoms with van der Waals surface area (Å²) in [4.78, 5) is 23.0. The minimum Gasteiger partial charge on any atom is -0.481 e. The van der Waals surface area contributed by atoms with Crippen molar-refractivity contribution in [1.82, 2.24) is 5.32 Å². The number of amides is 1. The van der Waals surface area contributed by atoms with Crippen LogP contribution >= 0.6 is 0 Å². The molecule has 0 aliphatic heterocycles. The number of allylic oxidation sites excluding steroid dienone is 1. The lowest BCUT2D eigenvalue weighted by atomic mass is 10.1. The highest BCUT2D eigenvalue weighted by Gasteiger charge is 2.19. The molecule has 0 bridgehead atoms. The van der Waals surface area contributed by atoms with Crippen molar-refractivity contribution < 1.29 is 19.4 Å². The fraction of sp³-hybridized carbons (Fsp3) is 0.250. The van der Waals surface area contributed by atoms with Gasteiger partial charge in [0.1, 0.15) is 18.4 Å². The number of carboxylic acids is 1. The minimum absolute atomic E-state index is 0.149. The molecule has 5 heteroatoms. The van der Waals surface area contributed by atoms with Gasteiger partial charge in [-0.3, -0.25) is 4.79 Å². The summed E-state index contributed by atoms with van der Waals surface area (Å²) in [5.74, 6) is 1.37. The fourth-order valence-corrected chi connectivity index (χ4v) is 1.56. The molecule has 1 amide bonds. The van der Waals surface area contributed by atoms with Crippen molar-refractivity contribution in [3.63, 3.8) is 0 Å². The molecule has 0 radical (unpaired) electrons. The van der Waals surface area contributed by atoms with Crippen molar-refractivity contribution in [1.29, 1.82) is 0 Å². The minimum atomic E-state index is -1.07. The van der Waals surface area contributed by atoms with E-state index in [9.17, 15) is 9.59 Å². The van der Waals surface area contributed by atoms with Crippen LogP contribution in [0.4, 0.5) is 0 Å². The number of benzene rings is 1. The average molecular weight is 287 g/mol. The maximum absolute atomic E-state index is 12.0. The Labute approximate surface area is 123 Å². The van der Waals surface area contributed by atoms with Crippen molar-refractivity contribution in [3.05, 3.63) is 42.0 Å². The first-order valence-electron chi connectivity index (χ1n) is 6.39. The van der Waals surface area contributed by atoms with E-state index in [1.54, 1.807) is 43.3 Å². The van der Waals surface area contributed by atoms with Crippen molar-refractivity contribution in [3.8, 4) is 18.1 Å². The molecule has 110 valence electrons. The van der Waals surface area contributed by atoms with Gasteiger partial charge in [0.25, 0.3) is 5.91 Å². The van der Waals surface area contributed by atoms with Gasteiger partial charge in [0, 0.05) is 5.56 Å². The average Bonchev–Trinajstić information content (AvgIpc) is 2.49. The molecule has 0 aliphatic rings. The standard InChI is InChI=1S/C16H17NO4/c1-3-5-6-14(16(19)20)17-15(18)12-7-9-13(10-8-12)21-11-4-2/h2-3,5,7-10,14H,6,11H2,1H3,(H,17,18)(H,19,20)/b5-3+. The maximum Gasteiger partial charge on any atom is 0.326 e. The van der Waals surface area contributed by atoms with Crippen LogP contribution in [0.5, 0.6) is 5.75 Å². The van der Waals surface area contributed by atoms with E-state index in [2.05, 4.69) is 11.2 Å². The largest absolute Gasteiger partial charge is 0.481 e. The summed E-state index contributed by atoms with van der Waals surface area (Å²) < 4.78 is 5.19. The molecule has 1 aromatic rings. The van der Waals surface area contributed by atoms with E-state index in [4.69, 9.17) is 16.3 Å². The van der Waals surface area contributed by atoms with Gasteiger partial charge in [0.15, 0.2) is 0 Å². The normalized spacial score (nSPS) is 11.6. The zero-order valence-electron chi connectivity index (χ0n) is 11.7. The molecule has 0 aromatic heterocycles. The van der Waals surface area contributed by atoms with Crippen LogP contribution in [0.2, 0.25) is 0 Å². The molecule has 0 aliphatic carbocycles. The Kier molecular flexibility index (Phi) is 6.55. The van der Waals surface area contributed by atoms with E-state index in [1.165, 1.54) is 0 Å². The number of carbonyl (C=O) groups is 2. The summed E-state index contributed by atoms with van der Waals surface area (Å²) in [7, 11) is 0. The van der Waals surface area contributed by atoms with Crippen LogP contribution in [-0.4, -0.2) is 29.6 Å².